The smallest absolute Gasteiger partial charge is 0.254 e. The van der Waals surface area contributed by atoms with Gasteiger partial charge in [-0.3, -0.25) is 14.5 Å². The Morgan fingerprint density at radius 1 is 1.22 bits per heavy atom. The summed E-state index contributed by atoms with van der Waals surface area (Å²) in [5.74, 6) is -0.149. The Kier molecular flexibility index (Phi) is 5.03. The molecule has 2 aliphatic rings. The van der Waals surface area contributed by atoms with Gasteiger partial charge in [-0.15, -0.1) is 0 Å². The number of piperidine rings is 1. The zero-order valence-electron chi connectivity index (χ0n) is 15.2. The van der Waals surface area contributed by atoms with Crippen LogP contribution in [0, 0.1) is 5.82 Å². The second kappa shape index (κ2) is 7.60. The van der Waals surface area contributed by atoms with Crippen LogP contribution in [0.15, 0.2) is 35.4 Å². The zero-order valence-corrected chi connectivity index (χ0v) is 15.2. The standard InChI is InChI=1S/C20H23FN4O2/c21-15-6-4-14(5-7-15)11-24-9-2-1-3-18(24)20(27)25-10-8-16-17(12-25)22-13-23-19(16)26/h4-7,13,18H,1-3,8-12H2,(H,22,23,26). The molecule has 1 saturated heterocycles. The third-order valence-corrected chi connectivity index (χ3v) is 5.52. The van der Waals surface area contributed by atoms with Crippen molar-refractivity contribution in [3.63, 3.8) is 0 Å². The van der Waals surface area contributed by atoms with Crippen molar-refractivity contribution in [1.29, 1.82) is 0 Å². The molecule has 1 N–H and O–H groups in total. The number of fused-ring (bicyclic) bond motifs is 1. The first-order valence-corrected chi connectivity index (χ1v) is 9.44. The Bertz CT molecular complexity index is 880. The molecule has 0 saturated carbocycles. The molecule has 7 heteroatoms. The molecule has 142 valence electrons. The monoisotopic (exact) mass is 370 g/mol. The number of hydrogen-bond acceptors (Lipinski definition) is 4. The van der Waals surface area contributed by atoms with Crippen molar-refractivity contribution in [3.05, 3.63) is 63.6 Å². The average molecular weight is 370 g/mol. The summed E-state index contributed by atoms with van der Waals surface area (Å²) in [6, 6.07) is 6.30. The van der Waals surface area contributed by atoms with Gasteiger partial charge in [0.15, 0.2) is 0 Å². The molecule has 0 aliphatic carbocycles. The second-order valence-electron chi connectivity index (χ2n) is 7.28. The summed E-state index contributed by atoms with van der Waals surface area (Å²) in [5, 5.41) is 0. The molecular formula is C20H23FN4O2. The number of rotatable bonds is 3. The first-order valence-electron chi connectivity index (χ1n) is 9.44. The predicted octanol–water partition coefficient (Wildman–Crippen LogP) is 1.85. The molecule has 1 unspecified atom stereocenters. The number of aromatic amines is 1. The van der Waals surface area contributed by atoms with Crippen LogP contribution < -0.4 is 5.56 Å². The van der Waals surface area contributed by atoms with Gasteiger partial charge in [-0.2, -0.15) is 0 Å². The van der Waals surface area contributed by atoms with Gasteiger partial charge in [-0.1, -0.05) is 18.6 Å². The van der Waals surface area contributed by atoms with E-state index in [4.69, 9.17) is 0 Å². The zero-order chi connectivity index (χ0) is 18.8. The fourth-order valence-electron chi connectivity index (χ4n) is 4.05. The average Bonchev–Trinajstić information content (AvgIpc) is 2.69. The molecule has 1 aromatic heterocycles. The maximum atomic E-state index is 13.2. The Balaban J connectivity index is 1.49. The van der Waals surface area contributed by atoms with E-state index in [2.05, 4.69) is 14.9 Å². The molecule has 2 aromatic rings. The van der Waals surface area contributed by atoms with Crippen LogP contribution >= 0.6 is 0 Å². The lowest BCUT2D eigenvalue weighted by Gasteiger charge is -2.38. The van der Waals surface area contributed by atoms with Crippen molar-refractivity contribution in [2.45, 2.75) is 44.8 Å². The van der Waals surface area contributed by atoms with Crippen molar-refractivity contribution in [2.24, 2.45) is 0 Å². The van der Waals surface area contributed by atoms with Gasteiger partial charge in [0.05, 0.1) is 24.6 Å². The maximum absolute atomic E-state index is 13.2. The van der Waals surface area contributed by atoms with E-state index in [0.29, 0.717) is 37.3 Å². The number of nitrogens with zero attached hydrogens (tertiary/aromatic N) is 3. The van der Waals surface area contributed by atoms with Crippen molar-refractivity contribution >= 4 is 5.91 Å². The molecule has 0 bridgehead atoms. The minimum absolute atomic E-state index is 0.101. The molecule has 4 rings (SSSR count). The minimum atomic E-state index is -0.250. The van der Waals surface area contributed by atoms with Gasteiger partial charge in [-0.25, -0.2) is 9.37 Å². The summed E-state index contributed by atoms with van der Waals surface area (Å²) in [6.45, 7) is 2.43. The number of nitrogens with one attached hydrogen (secondary N) is 1. The van der Waals surface area contributed by atoms with Gasteiger partial charge in [-0.05, 0) is 43.5 Å². The number of likely N-dealkylation sites (tertiary alicyclic amines) is 1. The molecule has 2 aliphatic heterocycles. The van der Waals surface area contributed by atoms with Gasteiger partial charge < -0.3 is 9.88 Å². The van der Waals surface area contributed by atoms with Gasteiger partial charge in [0.25, 0.3) is 5.56 Å². The van der Waals surface area contributed by atoms with Crippen LogP contribution in [0.1, 0.15) is 36.1 Å². The first kappa shape index (κ1) is 17.9. The van der Waals surface area contributed by atoms with Crippen molar-refractivity contribution in [2.75, 3.05) is 13.1 Å². The van der Waals surface area contributed by atoms with E-state index < -0.39 is 0 Å². The Labute approximate surface area is 157 Å². The Morgan fingerprint density at radius 3 is 2.85 bits per heavy atom. The largest absolute Gasteiger partial charge is 0.335 e. The highest BCUT2D eigenvalue weighted by atomic mass is 19.1. The van der Waals surface area contributed by atoms with E-state index in [9.17, 15) is 14.0 Å². The van der Waals surface area contributed by atoms with Gasteiger partial charge >= 0.3 is 0 Å². The van der Waals surface area contributed by atoms with Gasteiger partial charge in [0.1, 0.15) is 5.82 Å². The number of hydrogen-bond donors (Lipinski definition) is 1. The van der Waals surface area contributed by atoms with E-state index in [1.807, 2.05) is 4.90 Å². The SMILES string of the molecule is O=C(C1CCCCN1Cc1ccc(F)cc1)N1CCc2c(nc[nH]c2=O)C1. The highest BCUT2D eigenvalue weighted by molar-refractivity contribution is 5.82. The maximum Gasteiger partial charge on any atom is 0.254 e. The molecule has 1 amide bonds. The summed E-state index contributed by atoms with van der Waals surface area (Å²) in [7, 11) is 0. The predicted molar refractivity (Wildman–Crippen MR) is 98.4 cm³/mol. The molecular weight excluding hydrogens is 347 g/mol. The third kappa shape index (κ3) is 3.78. The molecule has 27 heavy (non-hydrogen) atoms. The molecule has 1 atom stereocenters. The Morgan fingerprint density at radius 2 is 2.04 bits per heavy atom. The van der Waals surface area contributed by atoms with Crippen LogP contribution in [-0.2, 0) is 24.3 Å². The van der Waals surface area contributed by atoms with E-state index in [-0.39, 0.29) is 23.3 Å². The topological polar surface area (TPSA) is 69.3 Å². The van der Waals surface area contributed by atoms with Gasteiger partial charge in [0.2, 0.25) is 5.91 Å². The summed E-state index contributed by atoms with van der Waals surface area (Å²) in [5.41, 5.74) is 2.28. The van der Waals surface area contributed by atoms with Crippen LogP contribution in [0.2, 0.25) is 0 Å². The minimum Gasteiger partial charge on any atom is -0.335 e. The van der Waals surface area contributed by atoms with Crippen LogP contribution in [0.3, 0.4) is 0 Å². The number of halogens is 1. The lowest BCUT2D eigenvalue weighted by molar-refractivity contribution is -0.139. The molecule has 3 heterocycles. The molecule has 0 spiro atoms. The van der Waals surface area contributed by atoms with E-state index in [1.165, 1.54) is 18.5 Å². The quantitative estimate of drug-likeness (QED) is 0.895. The summed E-state index contributed by atoms with van der Waals surface area (Å²) < 4.78 is 13.2. The van der Waals surface area contributed by atoms with Crippen LogP contribution in [0.5, 0.6) is 0 Å². The fraction of sp³-hybridized carbons (Fsp3) is 0.450. The fourth-order valence-corrected chi connectivity index (χ4v) is 4.05. The number of amides is 1. The normalized spacial score (nSPS) is 20.3. The number of benzene rings is 1. The molecule has 1 aromatic carbocycles. The highest BCUT2D eigenvalue weighted by Crippen LogP contribution is 2.23. The summed E-state index contributed by atoms with van der Waals surface area (Å²) in [6.07, 6.45) is 4.85. The van der Waals surface area contributed by atoms with Crippen molar-refractivity contribution < 1.29 is 9.18 Å². The highest BCUT2D eigenvalue weighted by Gasteiger charge is 2.34. The Hall–Kier alpha value is -2.54. The van der Waals surface area contributed by atoms with Crippen LogP contribution in [-0.4, -0.2) is 44.8 Å². The lowest BCUT2D eigenvalue weighted by atomic mass is 9.98. The molecule has 1 fully saturated rings. The van der Waals surface area contributed by atoms with Gasteiger partial charge in [0, 0.05) is 18.7 Å². The van der Waals surface area contributed by atoms with Crippen molar-refractivity contribution in [3.8, 4) is 0 Å². The van der Waals surface area contributed by atoms with E-state index in [0.717, 1.165) is 31.4 Å². The number of carbonyl (C=O) groups excluding carboxylic acids is 1. The first-order chi connectivity index (χ1) is 13.1. The summed E-state index contributed by atoms with van der Waals surface area (Å²) >= 11 is 0. The number of carbonyl (C=O) groups is 1. The number of aromatic nitrogens is 2. The van der Waals surface area contributed by atoms with E-state index in [1.54, 1.807) is 12.1 Å². The second-order valence-corrected chi connectivity index (χ2v) is 7.28. The van der Waals surface area contributed by atoms with E-state index >= 15 is 0 Å². The number of H-pyrrole nitrogens is 1. The lowest BCUT2D eigenvalue weighted by Crippen LogP contribution is -2.52. The summed E-state index contributed by atoms with van der Waals surface area (Å²) in [4.78, 5) is 36.0. The van der Waals surface area contributed by atoms with Crippen LogP contribution in [0.4, 0.5) is 4.39 Å². The molecule has 6 nitrogen and oxygen atoms in total. The van der Waals surface area contributed by atoms with Crippen LogP contribution in [0.25, 0.3) is 0 Å². The third-order valence-electron chi connectivity index (χ3n) is 5.52. The van der Waals surface area contributed by atoms with Crippen molar-refractivity contribution in [1.82, 2.24) is 19.8 Å². The molecule has 0 radical (unpaired) electrons.